The van der Waals surface area contributed by atoms with Crippen molar-refractivity contribution in [3.8, 4) is 11.6 Å². The normalized spacial score (nSPS) is 15.7. The zero-order chi connectivity index (χ0) is 24.2. The highest BCUT2D eigenvalue weighted by Gasteiger charge is 2.31. The monoisotopic (exact) mass is 467 g/mol. The van der Waals surface area contributed by atoms with Crippen LogP contribution in [0.15, 0.2) is 73.3 Å². The van der Waals surface area contributed by atoms with Crippen LogP contribution in [0.4, 0.5) is 0 Å². The van der Waals surface area contributed by atoms with Gasteiger partial charge in [0, 0.05) is 42.8 Å². The van der Waals surface area contributed by atoms with Gasteiger partial charge in [0.1, 0.15) is 5.75 Å². The van der Waals surface area contributed by atoms with Crippen molar-refractivity contribution in [3.05, 3.63) is 102 Å². The Morgan fingerprint density at radius 2 is 1.91 bits per heavy atom. The zero-order valence-corrected chi connectivity index (χ0v) is 20.1. The van der Waals surface area contributed by atoms with Gasteiger partial charge in [-0.15, -0.1) is 0 Å². The van der Waals surface area contributed by atoms with Crippen LogP contribution in [-0.4, -0.2) is 36.9 Å². The van der Waals surface area contributed by atoms with Gasteiger partial charge in [0.25, 0.3) is 5.91 Å². The van der Waals surface area contributed by atoms with E-state index in [2.05, 4.69) is 4.98 Å². The fourth-order valence-electron chi connectivity index (χ4n) is 4.49. The number of hydrogen-bond donors (Lipinski definition) is 0. The lowest BCUT2D eigenvalue weighted by atomic mass is 9.99. The number of amides is 1. The smallest absolute Gasteiger partial charge is 0.254 e. The van der Waals surface area contributed by atoms with E-state index in [9.17, 15) is 4.79 Å². The van der Waals surface area contributed by atoms with Crippen molar-refractivity contribution in [1.82, 2.24) is 24.4 Å². The van der Waals surface area contributed by atoms with Gasteiger partial charge in [-0.1, -0.05) is 29.8 Å². The molecule has 0 unspecified atom stereocenters. The maximum absolute atomic E-state index is 13.7. The highest BCUT2D eigenvalue weighted by Crippen LogP contribution is 2.32. The van der Waals surface area contributed by atoms with Gasteiger partial charge < -0.3 is 14.2 Å². The number of benzene rings is 2. The van der Waals surface area contributed by atoms with E-state index < -0.39 is 0 Å². The van der Waals surface area contributed by atoms with Crippen molar-refractivity contribution in [1.29, 1.82) is 0 Å². The van der Waals surface area contributed by atoms with Crippen LogP contribution in [0.25, 0.3) is 0 Å². The van der Waals surface area contributed by atoms with E-state index >= 15 is 0 Å². The van der Waals surface area contributed by atoms with Crippen molar-refractivity contribution in [2.24, 2.45) is 0 Å². The third-order valence-corrected chi connectivity index (χ3v) is 6.25. The predicted octanol–water partition coefficient (Wildman–Crippen LogP) is 5.50. The summed E-state index contributed by atoms with van der Waals surface area (Å²) >= 11 is 0. The molecule has 178 valence electrons. The first-order chi connectivity index (χ1) is 17.0. The summed E-state index contributed by atoms with van der Waals surface area (Å²) < 4.78 is 8.02. The van der Waals surface area contributed by atoms with E-state index in [4.69, 9.17) is 14.7 Å². The Bertz CT molecular complexity index is 1300. The largest absolute Gasteiger partial charge is 0.439 e. The molecule has 7 nitrogen and oxygen atoms in total. The Morgan fingerprint density at radius 1 is 1.06 bits per heavy atom. The molecule has 0 N–H and O–H groups in total. The van der Waals surface area contributed by atoms with Crippen molar-refractivity contribution < 1.29 is 9.53 Å². The van der Waals surface area contributed by atoms with Gasteiger partial charge in [0.15, 0.2) is 5.82 Å². The quantitative estimate of drug-likeness (QED) is 0.374. The lowest BCUT2D eigenvalue weighted by Crippen LogP contribution is -2.39. The van der Waals surface area contributed by atoms with Crippen LogP contribution in [0, 0.1) is 13.8 Å². The van der Waals surface area contributed by atoms with E-state index in [1.807, 2.05) is 84.1 Å². The van der Waals surface area contributed by atoms with Gasteiger partial charge in [-0.05, 0) is 62.9 Å². The molecule has 35 heavy (non-hydrogen) atoms. The van der Waals surface area contributed by atoms with E-state index in [1.165, 1.54) is 5.56 Å². The molecule has 0 radical (unpaired) electrons. The number of aryl methyl sites for hydroxylation is 2. The fraction of sp³-hybridized carbons (Fsp3) is 0.286. The molecule has 1 aliphatic heterocycles. The molecule has 2 aromatic carbocycles. The summed E-state index contributed by atoms with van der Waals surface area (Å²) in [4.78, 5) is 29.1. The summed E-state index contributed by atoms with van der Waals surface area (Å²) in [7, 11) is 0. The molecular formula is C28H29N5O2. The summed E-state index contributed by atoms with van der Waals surface area (Å²) in [5, 5.41) is 0. The topological polar surface area (TPSA) is 73.1 Å². The molecule has 3 heterocycles. The van der Waals surface area contributed by atoms with E-state index in [0.29, 0.717) is 30.4 Å². The number of hydrogen-bond acceptors (Lipinski definition) is 5. The van der Waals surface area contributed by atoms with Gasteiger partial charge in [-0.2, -0.15) is 4.98 Å². The van der Waals surface area contributed by atoms with Gasteiger partial charge in [-0.25, -0.2) is 9.97 Å². The molecule has 0 saturated carbocycles. The third-order valence-electron chi connectivity index (χ3n) is 6.25. The van der Waals surface area contributed by atoms with E-state index in [0.717, 1.165) is 36.3 Å². The Morgan fingerprint density at radius 3 is 2.71 bits per heavy atom. The molecule has 0 bridgehead atoms. The first-order valence-corrected chi connectivity index (χ1v) is 12.0. The third kappa shape index (κ3) is 5.40. The second-order valence-electron chi connectivity index (χ2n) is 9.07. The lowest BCUT2D eigenvalue weighted by Gasteiger charge is -2.35. The zero-order valence-electron chi connectivity index (χ0n) is 20.1. The summed E-state index contributed by atoms with van der Waals surface area (Å²) in [6, 6.07) is 17.3. The van der Waals surface area contributed by atoms with Gasteiger partial charge in [0.05, 0.1) is 12.4 Å². The number of rotatable bonds is 6. The van der Waals surface area contributed by atoms with Crippen LogP contribution >= 0.6 is 0 Å². The lowest BCUT2D eigenvalue weighted by molar-refractivity contribution is 0.0598. The van der Waals surface area contributed by atoms with Crippen LogP contribution in [0.3, 0.4) is 0 Å². The Balaban J connectivity index is 1.39. The number of carbonyl (C=O) groups is 1. The number of piperidine rings is 1. The minimum absolute atomic E-state index is 0.00768. The van der Waals surface area contributed by atoms with E-state index in [-0.39, 0.29) is 11.9 Å². The maximum atomic E-state index is 13.7. The summed E-state index contributed by atoms with van der Waals surface area (Å²) in [6.07, 6.45) is 8.27. The molecule has 1 fully saturated rings. The highest BCUT2D eigenvalue weighted by molar-refractivity contribution is 5.94. The van der Waals surface area contributed by atoms with Crippen molar-refractivity contribution in [3.63, 3.8) is 0 Å². The van der Waals surface area contributed by atoms with Gasteiger partial charge >= 0.3 is 0 Å². The van der Waals surface area contributed by atoms with Gasteiger partial charge in [0.2, 0.25) is 5.88 Å². The summed E-state index contributed by atoms with van der Waals surface area (Å²) in [6.45, 7) is 5.33. The number of imidazole rings is 1. The number of ether oxygens (including phenoxy) is 1. The predicted molar refractivity (Wildman–Crippen MR) is 133 cm³/mol. The molecule has 0 spiro atoms. The molecule has 4 aromatic rings. The molecule has 5 rings (SSSR count). The maximum Gasteiger partial charge on any atom is 0.254 e. The minimum atomic E-state index is -0.186. The number of carbonyl (C=O) groups excluding carboxylic acids is 1. The Kier molecular flexibility index (Phi) is 6.57. The Labute approximate surface area is 205 Å². The van der Waals surface area contributed by atoms with Crippen molar-refractivity contribution in [2.45, 2.75) is 45.7 Å². The molecular weight excluding hydrogens is 438 g/mol. The molecule has 1 saturated heterocycles. The number of likely N-dealkylation sites (tertiary alicyclic amines) is 1. The van der Waals surface area contributed by atoms with E-state index in [1.54, 1.807) is 12.5 Å². The van der Waals surface area contributed by atoms with Gasteiger partial charge in [-0.3, -0.25) is 4.79 Å². The first kappa shape index (κ1) is 22.8. The van der Waals surface area contributed by atoms with Crippen LogP contribution < -0.4 is 4.74 Å². The molecule has 1 atom stereocenters. The number of aromatic nitrogens is 4. The Hall–Kier alpha value is -4.00. The molecule has 7 heteroatoms. The first-order valence-electron chi connectivity index (χ1n) is 12.0. The molecule has 1 amide bonds. The molecule has 1 aliphatic rings. The standard InChI is InChI=1S/C28H29N5O2/c1-20-9-11-24(12-10-20)35-26-16-21(2)30-27(31-26)25-8-3-4-14-33(25)28(34)23-7-5-6-22(17-23)18-32-15-13-29-19-32/h5-7,9-13,15-17,19,25H,3-4,8,14,18H2,1-2H3/t25-/m1/s1. The average Bonchev–Trinajstić information content (AvgIpc) is 3.38. The molecule has 0 aliphatic carbocycles. The van der Waals surface area contributed by atoms with Crippen LogP contribution in [0.5, 0.6) is 11.6 Å². The summed E-state index contributed by atoms with van der Waals surface area (Å²) in [5.41, 5.74) is 3.72. The van der Waals surface area contributed by atoms with Crippen LogP contribution in [0.1, 0.15) is 58.3 Å². The number of nitrogens with zero attached hydrogens (tertiary/aromatic N) is 5. The SMILES string of the molecule is Cc1ccc(Oc2cc(C)nc([C@H]3CCCCN3C(=O)c3cccc(Cn4ccnc4)c3)n2)cc1. The average molecular weight is 468 g/mol. The minimum Gasteiger partial charge on any atom is -0.439 e. The van der Waals surface area contributed by atoms with Crippen molar-refractivity contribution >= 4 is 5.91 Å². The van der Waals surface area contributed by atoms with Crippen LogP contribution in [0.2, 0.25) is 0 Å². The second kappa shape index (κ2) is 10.1. The van der Waals surface area contributed by atoms with Crippen molar-refractivity contribution in [2.75, 3.05) is 6.54 Å². The highest BCUT2D eigenvalue weighted by atomic mass is 16.5. The van der Waals surface area contributed by atoms with Crippen LogP contribution in [-0.2, 0) is 6.54 Å². The summed E-state index contributed by atoms with van der Waals surface area (Å²) in [5.74, 6) is 1.87. The molecule has 2 aromatic heterocycles. The second-order valence-corrected chi connectivity index (χ2v) is 9.07. The fourth-order valence-corrected chi connectivity index (χ4v) is 4.49.